The molecule has 1 aromatic carbocycles. The largest absolute Gasteiger partial charge is 0.382 e. The molecular formula is C18H26N2O. The van der Waals surface area contributed by atoms with Gasteiger partial charge in [0.2, 0.25) is 0 Å². The van der Waals surface area contributed by atoms with E-state index >= 15 is 0 Å². The van der Waals surface area contributed by atoms with Crippen LogP contribution in [0.5, 0.6) is 0 Å². The summed E-state index contributed by atoms with van der Waals surface area (Å²) < 4.78 is 0. The van der Waals surface area contributed by atoms with Crippen molar-refractivity contribution in [2.75, 3.05) is 5.32 Å². The Morgan fingerprint density at radius 3 is 2.48 bits per heavy atom. The van der Waals surface area contributed by atoms with Crippen LogP contribution < -0.4 is 10.6 Å². The number of benzene rings is 1. The smallest absolute Gasteiger partial charge is 0.251 e. The highest BCUT2D eigenvalue weighted by Gasteiger charge is 2.24. The normalized spacial score (nSPS) is 25.4. The molecule has 0 saturated heterocycles. The highest BCUT2D eigenvalue weighted by Crippen LogP contribution is 2.28. The molecule has 0 radical (unpaired) electrons. The number of carbonyl (C=O) groups excluding carboxylic acids is 1. The zero-order valence-electron chi connectivity index (χ0n) is 12.9. The first-order chi connectivity index (χ1) is 10.2. The molecule has 2 fully saturated rings. The van der Waals surface area contributed by atoms with Gasteiger partial charge in [-0.3, -0.25) is 4.79 Å². The van der Waals surface area contributed by atoms with E-state index in [2.05, 4.69) is 23.6 Å². The molecule has 0 aliphatic heterocycles. The number of hydrogen-bond donors (Lipinski definition) is 2. The third-order valence-electron chi connectivity index (χ3n) is 4.83. The van der Waals surface area contributed by atoms with Crippen LogP contribution in [0.15, 0.2) is 24.3 Å². The predicted molar refractivity (Wildman–Crippen MR) is 86.6 cm³/mol. The minimum absolute atomic E-state index is 0.0656. The summed E-state index contributed by atoms with van der Waals surface area (Å²) in [6.07, 6.45) is 8.72. The fraction of sp³-hybridized carbons (Fsp3) is 0.611. The Kier molecular flexibility index (Phi) is 4.47. The molecule has 2 aliphatic rings. The highest BCUT2D eigenvalue weighted by atomic mass is 16.1. The Hall–Kier alpha value is -1.51. The summed E-state index contributed by atoms with van der Waals surface area (Å²) in [6.45, 7) is 2.29. The monoisotopic (exact) mass is 286 g/mol. The molecule has 3 heteroatoms. The van der Waals surface area contributed by atoms with Crippen LogP contribution in [0.25, 0.3) is 0 Å². The summed E-state index contributed by atoms with van der Waals surface area (Å²) in [6, 6.07) is 8.91. The molecule has 2 N–H and O–H groups in total. The van der Waals surface area contributed by atoms with Crippen molar-refractivity contribution >= 4 is 11.6 Å². The summed E-state index contributed by atoms with van der Waals surface area (Å²) in [5.41, 5.74) is 1.85. The molecule has 1 aromatic rings. The molecule has 0 bridgehead atoms. The van der Waals surface area contributed by atoms with Gasteiger partial charge in [0.25, 0.3) is 5.91 Å². The molecule has 3 nitrogen and oxygen atoms in total. The van der Waals surface area contributed by atoms with E-state index in [1.807, 2.05) is 18.2 Å². The van der Waals surface area contributed by atoms with Crippen LogP contribution in [0.3, 0.4) is 0 Å². The van der Waals surface area contributed by atoms with Crippen molar-refractivity contribution in [1.29, 1.82) is 0 Å². The van der Waals surface area contributed by atoms with E-state index in [9.17, 15) is 4.79 Å². The first-order valence-corrected chi connectivity index (χ1v) is 8.42. The molecule has 2 aliphatic carbocycles. The average molecular weight is 286 g/mol. The fourth-order valence-electron chi connectivity index (χ4n) is 3.20. The molecule has 0 spiro atoms. The summed E-state index contributed by atoms with van der Waals surface area (Å²) in [5, 5.41) is 6.66. The fourth-order valence-corrected chi connectivity index (χ4v) is 3.20. The molecule has 0 aromatic heterocycles. The van der Waals surface area contributed by atoms with E-state index in [0.29, 0.717) is 12.1 Å². The second-order valence-corrected chi connectivity index (χ2v) is 6.60. The van der Waals surface area contributed by atoms with Gasteiger partial charge in [0.05, 0.1) is 0 Å². The van der Waals surface area contributed by atoms with Gasteiger partial charge >= 0.3 is 0 Å². The molecule has 21 heavy (non-hydrogen) atoms. The van der Waals surface area contributed by atoms with E-state index in [4.69, 9.17) is 0 Å². The Labute approximate surface area is 127 Å². The van der Waals surface area contributed by atoms with Crippen LogP contribution in [0, 0.1) is 5.92 Å². The van der Waals surface area contributed by atoms with Crippen molar-refractivity contribution in [1.82, 2.24) is 5.32 Å². The first-order valence-electron chi connectivity index (χ1n) is 8.42. The predicted octanol–water partition coefficient (Wildman–Crippen LogP) is 3.96. The second-order valence-electron chi connectivity index (χ2n) is 6.60. The lowest BCUT2D eigenvalue weighted by Crippen LogP contribution is -2.27. The summed E-state index contributed by atoms with van der Waals surface area (Å²) in [7, 11) is 0. The van der Waals surface area contributed by atoms with Crippen molar-refractivity contribution < 1.29 is 4.79 Å². The number of amides is 1. The minimum Gasteiger partial charge on any atom is -0.382 e. The Morgan fingerprint density at radius 1 is 1.10 bits per heavy atom. The van der Waals surface area contributed by atoms with Crippen molar-refractivity contribution in [2.45, 2.75) is 64.0 Å². The number of rotatable bonds is 5. The van der Waals surface area contributed by atoms with Crippen LogP contribution in [0.2, 0.25) is 0 Å². The lowest BCUT2D eigenvalue weighted by Gasteiger charge is -2.29. The van der Waals surface area contributed by atoms with E-state index in [1.54, 1.807) is 0 Å². The van der Waals surface area contributed by atoms with Crippen LogP contribution in [0.1, 0.15) is 62.2 Å². The van der Waals surface area contributed by atoms with E-state index < -0.39 is 0 Å². The Bertz CT molecular complexity index is 488. The SMILES string of the molecule is CCC1CCC(Nc2cccc(C(=O)NC3CC3)c2)CC1. The topological polar surface area (TPSA) is 41.1 Å². The molecule has 1 amide bonds. The van der Waals surface area contributed by atoms with Crippen molar-refractivity contribution in [3.05, 3.63) is 29.8 Å². The second kappa shape index (κ2) is 6.50. The van der Waals surface area contributed by atoms with Gasteiger partial charge in [-0.25, -0.2) is 0 Å². The van der Waals surface area contributed by atoms with E-state index in [-0.39, 0.29) is 5.91 Å². The van der Waals surface area contributed by atoms with Crippen LogP contribution >= 0.6 is 0 Å². The molecule has 2 saturated carbocycles. The maximum atomic E-state index is 12.1. The summed E-state index contributed by atoms with van der Waals surface area (Å²) >= 11 is 0. The van der Waals surface area contributed by atoms with Gasteiger partial charge in [0.1, 0.15) is 0 Å². The van der Waals surface area contributed by atoms with Crippen LogP contribution in [-0.4, -0.2) is 18.0 Å². The quantitative estimate of drug-likeness (QED) is 0.860. The number of anilines is 1. The Balaban J connectivity index is 1.56. The lowest BCUT2D eigenvalue weighted by atomic mass is 9.84. The summed E-state index contributed by atoms with van der Waals surface area (Å²) in [4.78, 5) is 12.1. The molecule has 0 heterocycles. The van der Waals surface area contributed by atoms with Crippen molar-refractivity contribution in [3.63, 3.8) is 0 Å². The van der Waals surface area contributed by atoms with E-state index in [0.717, 1.165) is 30.0 Å². The van der Waals surface area contributed by atoms with Gasteiger partial charge < -0.3 is 10.6 Å². The van der Waals surface area contributed by atoms with Crippen molar-refractivity contribution in [3.8, 4) is 0 Å². The van der Waals surface area contributed by atoms with Crippen LogP contribution in [-0.2, 0) is 0 Å². The number of nitrogens with one attached hydrogen (secondary N) is 2. The maximum Gasteiger partial charge on any atom is 0.251 e. The minimum atomic E-state index is 0.0656. The van der Waals surface area contributed by atoms with Gasteiger partial charge in [-0.2, -0.15) is 0 Å². The third-order valence-corrected chi connectivity index (χ3v) is 4.83. The standard InChI is InChI=1S/C18H26N2O/c1-2-13-6-8-15(9-7-13)19-17-5-3-4-14(12-17)18(21)20-16-10-11-16/h3-5,12-13,15-16,19H,2,6-11H2,1H3,(H,20,21). The first kappa shape index (κ1) is 14.4. The maximum absolute atomic E-state index is 12.1. The molecule has 114 valence electrons. The molecule has 0 unspecified atom stereocenters. The number of carbonyl (C=O) groups is 1. The summed E-state index contributed by atoms with van der Waals surface area (Å²) in [5.74, 6) is 0.981. The van der Waals surface area contributed by atoms with E-state index in [1.165, 1.54) is 32.1 Å². The van der Waals surface area contributed by atoms with Gasteiger partial charge in [0.15, 0.2) is 0 Å². The van der Waals surface area contributed by atoms with Crippen LogP contribution in [0.4, 0.5) is 5.69 Å². The van der Waals surface area contributed by atoms with Gasteiger partial charge in [-0.1, -0.05) is 19.4 Å². The average Bonchev–Trinajstić information content (AvgIpc) is 3.32. The zero-order valence-corrected chi connectivity index (χ0v) is 12.9. The molecule has 0 atom stereocenters. The molecular weight excluding hydrogens is 260 g/mol. The zero-order chi connectivity index (χ0) is 14.7. The molecule has 3 rings (SSSR count). The Morgan fingerprint density at radius 2 is 1.81 bits per heavy atom. The van der Waals surface area contributed by atoms with Gasteiger partial charge in [-0.05, 0) is 62.6 Å². The third kappa shape index (κ3) is 3.99. The van der Waals surface area contributed by atoms with Gasteiger partial charge in [-0.15, -0.1) is 0 Å². The van der Waals surface area contributed by atoms with Gasteiger partial charge in [0, 0.05) is 23.3 Å². The van der Waals surface area contributed by atoms with Crippen molar-refractivity contribution in [2.24, 2.45) is 5.92 Å². The lowest BCUT2D eigenvalue weighted by molar-refractivity contribution is 0.0951. The highest BCUT2D eigenvalue weighted by molar-refractivity contribution is 5.95. The number of hydrogen-bond acceptors (Lipinski definition) is 2.